The maximum absolute atomic E-state index is 14.6. The van der Waals surface area contributed by atoms with Gasteiger partial charge in [0.2, 0.25) is 0 Å². The largest absolute Gasteiger partial charge is 0.478 e. The number of β-amino-alcohol motifs (C(OH)–C–C–N with tert-alkyl or cyclic N) is 1. The number of nitrogens with one attached hydrogen (secondary N) is 1. The van der Waals surface area contributed by atoms with Crippen LogP contribution in [-0.4, -0.2) is 41.0 Å². The Hall–Kier alpha value is -3.58. The van der Waals surface area contributed by atoms with Gasteiger partial charge in [0.15, 0.2) is 0 Å². The zero-order chi connectivity index (χ0) is 27.3. The van der Waals surface area contributed by atoms with Gasteiger partial charge in [0, 0.05) is 17.6 Å². The van der Waals surface area contributed by atoms with Gasteiger partial charge >= 0.3 is 5.97 Å². The molecular weight excluding hydrogens is 481 g/mol. The van der Waals surface area contributed by atoms with E-state index in [1.807, 2.05) is 31.2 Å². The number of halogens is 1. The normalized spacial score (nSPS) is 13.4. The van der Waals surface area contributed by atoms with Gasteiger partial charge in [-0.05, 0) is 72.9 Å². The third-order valence-corrected chi connectivity index (χ3v) is 6.72. The van der Waals surface area contributed by atoms with Crippen molar-refractivity contribution >= 4 is 16.7 Å². The van der Waals surface area contributed by atoms with E-state index in [1.165, 1.54) is 28.5 Å². The molecule has 0 heterocycles. The van der Waals surface area contributed by atoms with Crippen molar-refractivity contribution in [3.8, 4) is 11.1 Å². The third kappa shape index (κ3) is 6.84. The summed E-state index contributed by atoms with van der Waals surface area (Å²) in [4.78, 5) is 11.4. The van der Waals surface area contributed by atoms with Gasteiger partial charge in [-0.1, -0.05) is 66.7 Å². The van der Waals surface area contributed by atoms with Crippen LogP contribution in [0.5, 0.6) is 0 Å². The molecule has 6 heteroatoms. The highest BCUT2D eigenvalue weighted by Gasteiger charge is 2.21. The minimum atomic E-state index is -1.12. The highest BCUT2D eigenvalue weighted by Crippen LogP contribution is 2.32. The van der Waals surface area contributed by atoms with Gasteiger partial charge in [-0.15, -0.1) is 0 Å². The second kappa shape index (κ2) is 11.9. The van der Waals surface area contributed by atoms with Crippen LogP contribution in [0, 0.1) is 5.82 Å². The van der Waals surface area contributed by atoms with Crippen LogP contribution >= 0.6 is 0 Å². The van der Waals surface area contributed by atoms with E-state index in [2.05, 4.69) is 49.5 Å². The van der Waals surface area contributed by atoms with Gasteiger partial charge in [-0.25, -0.2) is 9.18 Å². The van der Waals surface area contributed by atoms with E-state index in [0.717, 1.165) is 12.5 Å². The Bertz CT molecular complexity index is 1420. The number of rotatable bonds is 11. The van der Waals surface area contributed by atoms with E-state index in [0.29, 0.717) is 17.7 Å². The first kappa shape index (κ1) is 27.5. The summed E-state index contributed by atoms with van der Waals surface area (Å²) in [6.07, 6.45) is -0.386. The molecule has 0 aliphatic rings. The van der Waals surface area contributed by atoms with E-state index >= 15 is 0 Å². The van der Waals surface area contributed by atoms with Crippen LogP contribution in [0.4, 0.5) is 4.39 Å². The van der Waals surface area contributed by atoms with E-state index in [9.17, 15) is 19.4 Å². The average Bonchev–Trinajstić information content (AvgIpc) is 2.90. The Balaban J connectivity index is 1.36. The van der Waals surface area contributed by atoms with Crippen LogP contribution in [-0.2, 0) is 11.2 Å². The molecule has 0 saturated carbocycles. The number of hydrogen-bond donors (Lipinski definition) is 3. The van der Waals surface area contributed by atoms with Crippen molar-refractivity contribution in [3.05, 3.63) is 107 Å². The molecule has 4 rings (SSSR count). The molecular formula is C32H34FNO4. The summed E-state index contributed by atoms with van der Waals surface area (Å²) in [5.74, 6) is -1.63. The van der Waals surface area contributed by atoms with Gasteiger partial charge in [0.1, 0.15) is 5.82 Å². The van der Waals surface area contributed by atoms with Crippen molar-refractivity contribution < 1.29 is 24.1 Å². The Morgan fingerprint density at radius 3 is 2.42 bits per heavy atom. The fourth-order valence-corrected chi connectivity index (χ4v) is 4.68. The molecule has 0 bridgehead atoms. The Morgan fingerprint density at radius 2 is 1.66 bits per heavy atom. The van der Waals surface area contributed by atoms with Crippen LogP contribution in [0.15, 0.2) is 84.9 Å². The van der Waals surface area contributed by atoms with Crippen molar-refractivity contribution in [2.75, 3.05) is 13.2 Å². The lowest BCUT2D eigenvalue weighted by Gasteiger charge is -2.28. The fraction of sp³-hybridized carbons (Fsp3) is 0.281. The first-order chi connectivity index (χ1) is 18.1. The molecule has 0 aromatic heterocycles. The molecule has 4 aromatic rings. The zero-order valence-electron chi connectivity index (χ0n) is 21.9. The van der Waals surface area contributed by atoms with Crippen molar-refractivity contribution in [2.45, 2.75) is 44.9 Å². The highest BCUT2D eigenvalue weighted by atomic mass is 19.1. The first-order valence-corrected chi connectivity index (χ1v) is 12.8. The molecule has 0 radical (unpaired) electrons. The maximum Gasteiger partial charge on any atom is 0.335 e. The second-order valence-electron chi connectivity index (χ2n) is 10.3. The molecule has 2 atom stereocenters. The Labute approximate surface area is 222 Å². The molecule has 0 spiro atoms. The molecule has 0 amide bonds. The summed E-state index contributed by atoms with van der Waals surface area (Å²) in [5, 5.41) is 25.8. The molecule has 0 fully saturated rings. The number of carboxylic acids is 1. The lowest BCUT2D eigenvalue weighted by Crippen LogP contribution is -2.46. The number of hydrogen-bond acceptors (Lipinski definition) is 4. The molecule has 5 nitrogen and oxygen atoms in total. The quantitative estimate of drug-likeness (QED) is 0.216. The Kier molecular flexibility index (Phi) is 8.57. The number of carboxylic acid groups (broad SMARTS) is 1. The van der Waals surface area contributed by atoms with E-state index in [-0.39, 0.29) is 23.3 Å². The summed E-state index contributed by atoms with van der Waals surface area (Å²) >= 11 is 0. The number of aliphatic hydroxyl groups is 1. The number of aromatic carboxylic acids is 1. The summed E-state index contributed by atoms with van der Waals surface area (Å²) < 4.78 is 20.6. The van der Waals surface area contributed by atoms with Crippen LogP contribution in [0.25, 0.3) is 21.9 Å². The molecule has 4 aromatic carbocycles. The minimum Gasteiger partial charge on any atom is -0.478 e. The SMILES string of the molecule is CC(OC[C@@H](O)CNC(C)(C)Cc1ccc2ccccc2c1)c1ccccc1-c1cc(C(=O)O)ccc1F. The molecule has 38 heavy (non-hydrogen) atoms. The average molecular weight is 516 g/mol. The van der Waals surface area contributed by atoms with Gasteiger partial charge in [-0.3, -0.25) is 0 Å². The summed E-state index contributed by atoms with van der Waals surface area (Å²) in [6.45, 7) is 6.49. The van der Waals surface area contributed by atoms with Crippen molar-refractivity contribution in [2.24, 2.45) is 0 Å². The van der Waals surface area contributed by atoms with Crippen molar-refractivity contribution in [3.63, 3.8) is 0 Å². The molecule has 1 unspecified atom stereocenters. The van der Waals surface area contributed by atoms with Gasteiger partial charge in [0.25, 0.3) is 0 Å². The molecule has 198 valence electrons. The zero-order valence-corrected chi connectivity index (χ0v) is 21.9. The molecule has 0 aliphatic carbocycles. The molecule has 3 N–H and O–H groups in total. The van der Waals surface area contributed by atoms with Crippen molar-refractivity contribution in [1.82, 2.24) is 5.32 Å². The van der Waals surface area contributed by atoms with Crippen LogP contribution in [0.2, 0.25) is 0 Å². The van der Waals surface area contributed by atoms with Crippen LogP contribution < -0.4 is 5.32 Å². The highest BCUT2D eigenvalue weighted by molar-refractivity contribution is 5.89. The van der Waals surface area contributed by atoms with Crippen LogP contribution in [0.3, 0.4) is 0 Å². The summed E-state index contributed by atoms with van der Waals surface area (Å²) in [6, 6.07) is 25.7. The summed E-state index contributed by atoms with van der Waals surface area (Å²) in [5.41, 5.74) is 2.46. The number of fused-ring (bicyclic) bond motifs is 1. The number of ether oxygens (including phenoxy) is 1. The van der Waals surface area contributed by atoms with Gasteiger partial charge in [-0.2, -0.15) is 0 Å². The van der Waals surface area contributed by atoms with Crippen molar-refractivity contribution in [1.29, 1.82) is 0 Å². The topological polar surface area (TPSA) is 78.8 Å². The molecule has 0 aliphatic heterocycles. The minimum absolute atomic E-state index is 0.0116. The van der Waals surface area contributed by atoms with Crippen LogP contribution in [0.1, 0.15) is 48.4 Å². The second-order valence-corrected chi connectivity index (χ2v) is 10.3. The van der Waals surface area contributed by atoms with Gasteiger partial charge in [0.05, 0.1) is 24.4 Å². The van der Waals surface area contributed by atoms with Gasteiger partial charge < -0.3 is 20.3 Å². The standard InChI is InChI=1S/C32H34FNO4/c1-21(27-10-6-7-11-28(27)29-17-25(31(36)37)14-15-30(29)33)38-20-26(35)19-34-32(2,3)18-22-12-13-23-8-4-5-9-24(23)16-22/h4-17,21,26,34-35H,18-20H2,1-3H3,(H,36,37)/t21?,26-/m0/s1. The lowest BCUT2D eigenvalue weighted by atomic mass is 9.93. The number of aliphatic hydroxyl groups excluding tert-OH is 1. The van der Waals surface area contributed by atoms with E-state index in [1.54, 1.807) is 12.1 Å². The molecule has 0 saturated heterocycles. The fourth-order valence-electron chi connectivity index (χ4n) is 4.68. The monoisotopic (exact) mass is 515 g/mol. The number of carbonyl (C=O) groups is 1. The number of benzene rings is 4. The van der Waals surface area contributed by atoms with E-state index in [4.69, 9.17) is 4.74 Å². The maximum atomic E-state index is 14.6. The van der Waals surface area contributed by atoms with E-state index < -0.39 is 24.0 Å². The third-order valence-electron chi connectivity index (χ3n) is 6.72. The predicted octanol–water partition coefficient (Wildman–Crippen LogP) is 6.39. The predicted molar refractivity (Wildman–Crippen MR) is 149 cm³/mol. The lowest BCUT2D eigenvalue weighted by molar-refractivity contribution is -0.00397. The smallest absolute Gasteiger partial charge is 0.335 e. The first-order valence-electron chi connectivity index (χ1n) is 12.8. The Morgan fingerprint density at radius 1 is 0.947 bits per heavy atom. The summed E-state index contributed by atoms with van der Waals surface area (Å²) in [7, 11) is 0.